The third-order valence-corrected chi connectivity index (χ3v) is 2.31. The van der Waals surface area contributed by atoms with Crippen LogP contribution in [0.3, 0.4) is 0 Å². The zero-order chi connectivity index (χ0) is 11.4. The smallest absolute Gasteiger partial charge is 0.220 e. The monoisotopic (exact) mass is 238 g/mol. The molecule has 1 heterocycles. The van der Waals surface area contributed by atoms with Gasteiger partial charge in [-0.3, -0.25) is 0 Å². The molecule has 0 saturated heterocycles. The van der Waals surface area contributed by atoms with Gasteiger partial charge in [-0.1, -0.05) is 23.7 Å². The highest BCUT2D eigenvalue weighted by Gasteiger charge is 2.06. The number of nitrogens with zero attached hydrogens (tertiary/aromatic N) is 2. The summed E-state index contributed by atoms with van der Waals surface area (Å²) in [7, 11) is 0. The van der Waals surface area contributed by atoms with Gasteiger partial charge in [0.2, 0.25) is 11.8 Å². The molecule has 0 bridgehead atoms. The van der Waals surface area contributed by atoms with Crippen molar-refractivity contribution in [3.8, 4) is 0 Å². The molecule has 0 aliphatic heterocycles. The minimum Gasteiger partial charge on any atom is -0.425 e. The van der Waals surface area contributed by atoms with Crippen molar-refractivity contribution >= 4 is 11.6 Å². The molecule has 0 unspecified atom stereocenters. The maximum Gasteiger partial charge on any atom is 0.220 e. The van der Waals surface area contributed by atoms with Gasteiger partial charge in [0.05, 0.1) is 13.0 Å². The van der Waals surface area contributed by atoms with E-state index < -0.39 is 0 Å². The summed E-state index contributed by atoms with van der Waals surface area (Å²) in [6.07, 6.45) is 0.946. The summed E-state index contributed by atoms with van der Waals surface area (Å²) in [6, 6.07) is 7.50. The molecule has 0 amide bonds. The van der Waals surface area contributed by atoms with E-state index in [1.165, 1.54) is 0 Å². The normalized spacial score (nSPS) is 10.6. The lowest BCUT2D eigenvalue weighted by molar-refractivity contribution is 0.283. The minimum atomic E-state index is 0.0127. The second kappa shape index (κ2) is 5.09. The molecule has 2 aromatic rings. The van der Waals surface area contributed by atoms with E-state index in [2.05, 4.69) is 10.2 Å². The van der Waals surface area contributed by atoms with Gasteiger partial charge in [-0.05, 0) is 17.7 Å². The number of aliphatic hydroxyl groups excluding tert-OH is 1. The van der Waals surface area contributed by atoms with Gasteiger partial charge in [-0.15, -0.1) is 10.2 Å². The van der Waals surface area contributed by atoms with Crippen LogP contribution in [0.1, 0.15) is 17.3 Å². The van der Waals surface area contributed by atoms with E-state index in [4.69, 9.17) is 21.1 Å². The van der Waals surface area contributed by atoms with Gasteiger partial charge in [0.25, 0.3) is 0 Å². The molecule has 0 saturated carbocycles. The number of aliphatic hydroxyl groups is 1. The summed E-state index contributed by atoms with van der Waals surface area (Å²) >= 11 is 5.87. The van der Waals surface area contributed by atoms with Crippen LogP contribution in [0.2, 0.25) is 5.02 Å². The SMILES string of the molecule is OCCc1nnc(Cc2cccc(Cl)c2)o1. The van der Waals surface area contributed by atoms with Gasteiger partial charge in [0.15, 0.2) is 0 Å². The third kappa shape index (κ3) is 2.81. The van der Waals surface area contributed by atoms with Crippen molar-refractivity contribution in [1.82, 2.24) is 10.2 Å². The van der Waals surface area contributed by atoms with Gasteiger partial charge >= 0.3 is 0 Å². The molecule has 2 rings (SSSR count). The molecule has 0 aliphatic carbocycles. The summed E-state index contributed by atoms with van der Waals surface area (Å²) in [6.45, 7) is 0.0127. The fourth-order valence-electron chi connectivity index (χ4n) is 1.38. The first-order chi connectivity index (χ1) is 7.78. The van der Waals surface area contributed by atoms with Crippen molar-refractivity contribution in [3.63, 3.8) is 0 Å². The summed E-state index contributed by atoms with van der Waals surface area (Å²) < 4.78 is 5.34. The molecule has 1 N–H and O–H groups in total. The van der Waals surface area contributed by atoms with Gasteiger partial charge < -0.3 is 9.52 Å². The van der Waals surface area contributed by atoms with Crippen LogP contribution in [-0.2, 0) is 12.8 Å². The van der Waals surface area contributed by atoms with Gasteiger partial charge in [-0.25, -0.2) is 0 Å². The molecule has 1 aromatic heterocycles. The molecule has 84 valence electrons. The zero-order valence-electron chi connectivity index (χ0n) is 8.56. The van der Waals surface area contributed by atoms with Crippen LogP contribution in [0.25, 0.3) is 0 Å². The molecule has 0 atom stereocenters. The molecule has 0 aliphatic rings. The van der Waals surface area contributed by atoms with Crippen molar-refractivity contribution in [2.24, 2.45) is 0 Å². The first-order valence-electron chi connectivity index (χ1n) is 4.94. The lowest BCUT2D eigenvalue weighted by Crippen LogP contribution is -1.89. The van der Waals surface area contributed by atoms with Gasteiger partial charge in [0, 0.05) is 11.4 Å². The van der Waals surface area contributed by atoms with E-state index in [0.29, 0.717) is 29.6 Å². The number of benzene rings is 1. The van der Waals surface area contributed by atoms with E-state index >= 15 is 0 Å². The first-order valence-corrected chi connectivity index (χ1v) is 5.32. The summed E-state index contributed by atoms with van der Waals surface area (Å²) in [5.74, 6) is 0.991. The second-order valence-electron chi connectivity index (χ2n) is 3.37. The Morgan fingerprint density at radius 2 is 2.06 bits per heavy atom. The van der Waals surface area contributed by atoms with E-state index in [1.54, 1.807) is 0 Å². The molecule has 0 radical (unpaired) electrons. The molecule has 1 aromatic carbocycles. The van der Waals surface area contributed by atoms with Crippen molar-refractivity contribution in [2.75, 3.05) is 6.61 Å². The molecule has 0 fully saturated rings. The van der Waals surface area contributed by atoms with Crippen molar-refractivity contribution in [3.05, 3.63) is 46.6 Å². The Labute approximate surface area is 97.9 Å². The Morgan fingerprint density at radius 3 is 2.81 bits per heavy atom. The molecular weight excluding hydrogens is 228 g/mol. The van der Waals surface area contributed by atoms with E-state index in [1.807, 2.05) is 24.3 Å². The largest absolute Gasteiger partial charge is 0.425 e. The Balaban J connectivity index is 2.08. The number of hydrogen-bond donors (Lipinski definition) is 1. The summed E-state index contributed by atoms with van der Waals surface area (Å²) in [5.41, 5.74) is 1.02. The first kappa shape index (κ1) is 11.1. The van der Waals surface area contributed by atoms with Crippen LogP contribution in [0.5, 0.6) is 0 Å². The quantitative estimate of drug-likeness (QED) is 0.883. The van der Waals surface area contributed by atoms with Crippen LogP contribution >= 0.6 is 11.6 Å². The molecular formula is C11H11ClN2O2. The fourth-order valence-corrected chi connectivity index (χ4v) is 1.59. The Morgan fingerprint density at radius 1 is 1.25 bits per heavy atom. The molecule has 4 nitrogen and oxygen atoms in total. The summed E-state index contributed by atoms with van der Waals surface area (Å²) in [5, 5.41) is 17.1. The number of halogens is 1. The van der Waals surface area contributed by atoms with Crippen molar-refractivity contribution < 1.29 is 9.52 Å². The maximum absolute atomic E-state index is 8.71. The van der Waals surface area contributed by atoms with Crippen molar-refractivity contribution in [2.45, 2.75) is 12.8 Å². The molecule has 5 heteroatoms. The highest BCUT2D eigenvalue weighted by atomic mass is 35.5. The molecule has 0 spiro atoms. The van der Waals surface area contributed by atoms with Gasteiger partial charge in [-0.2, -0.15) is 0 Å². The van der Waals surface area contributed by atoms with E-state index in [9.17, 15) is 0 Å². The molecule has 16 heavy (non-hydrogen) atoms. The predicted molar refractivity (Wildman–Crippen MR) is 59.3 cm³/mol. The summed E-state index contributed by atoms with van der Waals surface area (Å²) in [4.78, 5) is 0. The minimum absolute atomic E-state index is 0.0127. The van der Waals surface area contributed by atoms with Crippen LogP contribution in [-0.4, -0.2) is 21.9 Å². The Bertz CT molecular complexity index is 471. The Hall–Kier alpha value is -1.39. The van der Waals surface area contributed by atoms with Crippen LogP contribution in [0.4, 0.5) is 0 Å². The number of rotatable bonds is 4. The standard InChI is InChI=1S/C11H11ClN2O2/c12-9-3-1-2-8(6-9)7-11-14-13-10(16-11)4-5-15/h1-3,6,15H,4-5,7H2. The highest BCUT2D eigenvalue weighted by molar-refractivity contribution is 6.30. The third-order valence-electron chi connectivity index (χ3n) is 2.08. The average molecular weight is 239 g/mol. The number of hydrogen-bond acceptors (Lipinski definition) is 4. The lowest BCUT2D eigenvalue weighted by Gasteiger charge is -1.97. The zero-order valence-corrected chi connectivity index (χ0v) is 9.31. The average Bonchev–Trinajstić information content (AvgIpc) is 2.66. The lowest BCUT2D eigenvalue weighted by atomic mass is 10.1. The van der Waals surface area contributed by atoms with E-state index in [-0.39, 0.29) is 6.61 Å². The maximum atomic E-state index is 8.71. The second-order valence-corrected chi connectivity index (χ2v) is 3.81. The topological polar surface area (TPSA) is 59.2 Å². The number of aromatic nitrogens is 2. The van der Waals surface area contributed by atoms with Crippen LogP contribution in [0.15, 0.2) is 28.7 Å². The predicted octanol–water partition coefficient (Wildman–Crippen LogP) is 1.85. The van der Waals surface area contributed by atoms with Crippen molar-refractivity contribution in [1.29, 1.82) is 0 Å². The highest BCUT2D eigenvalue weighted by Crippen LogP contribution is 2.14. The van der Waals surface area contributed by atoms with Crippen LogP contribution in [0, 0.1) is 0 Å². The van der Waals surface area contributed by atoms with Gasteiger partial charge in [0.1, 0.15) is 0 Å². The fraction of sp³-hybridized carbons (Fsp3) is 0.273. The Kier molecular flexibility index (Phi) is 3.54. The van der Waals surface area contributed by atoms with E-state index in [0.717, 1.165) is 5.56 Å². The van der Waals surface area contributed by atoms with Crippen LogP contribution < -0.4 is 0 Å².